The fourth-order valence-electron chi connectivity index (χ4n) is 5.16. The minimum Gasteiger partial charge on any atom is -0.497 e. The van der Waals surface area contributed by atoms with Gasteiger partial charge in [0.25, 0.3) is 0 Å². The van der Waals surface area contributed by atoms with E-state index in [1.165, 1.54) is 7.11 Å². The van der Waals surface area contributed by atoms with Crippen LogP contribution in [0.25, 0.3) is 6.08 Å². The highest BCUT2D eigenvalue weighted by Gasteiger charge is 2.67. The summed E-state index contributed by atoms with van der Waals surface area (Å²) < 4.78 is 10.5. The van der Waals surface area contributed by atoms with E-state index >= 15 is 0 Å². The van der Waals surface area contributed by atoms with Gasteiger partial charge in [0.05, 0.1) is 32.4 Å². The van der Waals surface area contributed by atoms with E-state index in [0.29, 0.717) is 11.3 Å². The van der Waals surface area contributed by atoms with E-state index in [2.05, 4.69) is 6.07 Å². The van der Waals surface area contributed by atoms with E-state index in [-0.39, 0.29) is 5.78 Å². The van der Waals surface area contributed by atoms with Gasteiger partial charge in [-0.3, -0.25) is 9.59 Å². The van der Waals surface area contributed by atoms with E-state index in [1.54, 1.807) is 19.2 Å². The van der Waals surface area contributed by atoms with Gasteiger partial charge in [-0.25, -0.2) is 0 Å². The Morgan fingerprint density at radius 2 is 1.73 bits per heavy atom. The van der Waals surface area contributed by atoms with Gasteiger partial charge in [0, 0.05) is 17.0 Å². The van der Waals surface area contributed by atoms with Crippen LogP contribution in [0.3, 0.4) is 0 Å². The van der Waals surface area contributed by atoms with Crippen molar-refractivity contribution in [3.63, 3.8) is 0 Å². The van der Waals surface area contributed by atoms with Crippen LogP contribution in [0, 0.1) is 22.2 Å². The van der Waals surface area contributed by atoms with Crippen LogP contribution in [-0.2, 0) is 14.3 Å². The quantitative estimate of drug-likeness (QED) is 0.652. The SMILES string of the molecule is COC(=O)[C@]1(C#N)C2C=Cc3ccccc3N2[C@H](C(=O)C(C)(C)C)[C@H]1c1ccc(OC)cc1. The first kappa shape index (κ1) is 22.6. The van der Waals surface area contributed by atoms with Gasteiger partial charge < -0.3 is 14.4 Å². The predicted octanol–water partition coefficient (Wildman–Crippen LogP) is 4.36. The van der Waals surface area contributed by atoms with Gasteiger partial charge in [-0.1, -0.05) is 63.3 Å². The summed E-state index contributed by atoms with van der Waals surface area (Å²) >= 11 is 0. The molecule has 0 bridgehead atoms. The molecule has 0 radical (unpaired) electrons. The molecule has 6 nitrogen and oxygen atoms in total. The summed E-state index contributed by atoms with van der Waals surface area (Å²) in [7, 11) is 2.86. The average molecular weight is 445 g/mol. The Morgan fingerprint density at radius 1 is 1.06 bits per heavy atom. The lowest BCUT2D eigenvalue weighted by Crippen LogP contribution is -2.48. The van der Waals surface area contributed by atoms with Gasteiger partial charge in [0.2, 0.25) is 0 Å². The van der Waals surface area contributed by atoms with Crippen molar-refractivity contribution < 1.29 is 19.1 Å². The lowest BCUT2D eigenvalue weighted by Gasteiger charge is -2.37. The summed E-state index contributed by atoms with van der Waals surface area (Å²) in [4.78, 5) is 29.4. The van der Waals surface area contributed by atoms with Crippen molar-refractivity contribution in [2.45, 2.75) is 38.8 Å². The Hall–Kier alpha value is -3.59. The van der Waals surface area contributed by atoms with Crippen molar-refractivity contribution >= 4 is 23.5 Å². The number of anilines is 1. The number of ether oxygens (including phenoxy) is 2. The molecule has 1 unspecified atom stereocenters. The van der Waals surface area contributed by atoms with E-state index in [0.717, 1.165) is 11.3 Å². The number of fused-ring (bicyclic) bond motifs is 3. The summed E-state index contributed by atoms with van der Waals surface area (Å²) in [5.41, 5.74) is 0.168. The Morgan fingerprint density at radius 3 is 2.30 bits per heavy atom. The molecule has 0 aliphatic carbocycles. The van der Waals surface area contributed by atoms with Crippen molar-refractivity contribution in [3.05, 3.63) is 65.7 Å². The Labute approximate surface area is 194 Å². The molecule has 2 aliphatic rings. The molecule has 6 heteroatoms. The summed E-state index contributed by atoms with van der Waals surface area (Å²) in [6.45, 7) is 5.60. The maximum absolute atomic E-state index is 14.0. The smallest absolute Gasteiger partial charge is 0.329 e. The maximum atomic E-state index is 14.0. The van der Waals surface area contributed by atoms with E-state index in [4.69, 9.17) is 9.47 Å². The first-order chi connectivity index (χ1) is 15.7. The number of hydrogen-bond donors (Lipinski definition) is 0. The van der Waals surface area contributed by atoms with Gasteiger partial charge in [-0.2, -0.15) is 5.26 Å². The Bertz CT molecular complexity index is 1160. The number of nitrogens with zero attached hydrogens (tertiary/aromatic N) is 2. The van der Waals surface area contributed by atoms with Crippen LogP contribution in [0.1, 0.15) is 37.8 Å². The van der Waals surface area contributed by atoms with Gasteiger partial charge in [-0.05, 0) is 29.3 Å². The molecule has 33 heavy (non-hydrogen) atoms. The van der Waals surface area contributed by atoms with Gasteiger partial charge >= 0.3 is 5.97 Å². The molecule has 0 amide bonds. The van der Waals surface area contributed by atoms with Crippen LogP contribution in [-0.4, -0.2) is 38.1 Å². The normalized spacial score (nSPS) is 25.6. The number of Topliss-reactive ketones (excluding diaryl/α,β-unsaturated/α-hetero) is 1. The number of methoxy groups -OCH3 is 2. The maximum Gasteiger partial charge on any atom is 0.329 e. The average Bonchev–Trinajstić information content (AvgIpc) is 3.13. The number of ketones is 1. The van der Waals surface area contributed by atoms with Crippen LogP contribution < -0.4 is 9.64 Å². The molecule has 0 saturated carbocycles. The van der Waals surface area contributed by atoms with Gasteiger partial charge in [-0.15, -0.1) is 0 Å². The van der Waals surface area contributed by atoms with Crippen LogP contribution >= 0.6 is 0 Å². The molecule has 0 aromatic heterocycles. The molecule has 1 saturated heterocycles. The molecule has 2 aromatic carbocycles. The highest BCUT2D eigenvalue weighted by Crippen LogP contribution is 2.57. The highest BCUT2D eigenvalue weighted by molar-refractivity contribution is 5.99. The molecular formula is C27H28N2O4. The van der Waals surface area contributed by atoms with Crippen LogP contribution in [0.4, 0.5) is 5.69 Å². The van der Waals surface area contributed by atoms with Crippen molar-refractivity contribution in [2.75, 3.05) is 19.1 Å². The number of nitriles is 1. The molecule has 2 aromatic rings. The first-order valence-electron chi connectivity index (χ1n) is 10.9. The third-order valence-corrected chi connectivity index (χ3v) is 6.74. The Balaban J connectivity index is 2.04. The van der Waals surface area contributed by atoms with Crippen molar-refractivity contribution in [2.24, 2.45) is 10.8 Å². The fraction of sp³-hybridized carbons (Fsp3) is 0.370. The summed E-state index contributed by atoms with van der Waals surface area (Å²) in [6, 6.07) is 15.9. The van der Waals surface area contributed by atoms with Gasteiger partial charge in [0.15, 0.2) is 11.2 Å². The van der Waals surface area contributed by atoms with Crippen LogP contribution in [0.15, 0.2) is 54.6 Å². The summed E-state index contributed by atoms with van der Waals surface area (Å²) in [5.74, 6) is -0.777. The standard InChI is InChI=1S/C27H28N2O4/c1-26(2,3)24(30)23-22(18-10-13-19(32-4)14-11-18)27(16-28,25(31)33-5)21-15-12-17-8-6-7-9-20(17)29(21)23/h6-15,21-23H,1-5H3/t21?,22-,23+,27-/m1/s1. The number of benzene rings is 2. The van der Waals surface area contributed by atoms with Crippen LogP contribution in [0.5, 0.6) is 5.75 Å². The second-order valence-electron chi connectivity index (χ2n) is 9.55. The van der Waals surface area contributed by atoms with E-state index in [1.807, 2.05) is 74.2 Å². The summed E-state index contributed by atoms with van der Waals surface area (Å²) in [6.07, 6.45) is 3.77. The van der Waals surface area contributed by atoms with Crippen molar-refractivity contribution in [1.82, 2.24) is 0 Å². The number of para-hydroxylation sites is 1. The first-order valence-corrected chi connectivity index (χ1v) is 10.9. The van der Waals surface area contributed by atoms with E-state index in [9.17, 15) is 14.9 Å². The lowest BCUT2D eigenvalue weighted by molar-refractivity contribution is -0.150. The molecule has 170 valence electrons. The zero-order chi connectivity index (χ0) is 24.0. The monoisotopic (exact) mass is 444 g/mol. The number of hydrogen-bond acceptors (Lipinski definition) is 6. The number of carbonyl (C=O) groups excluding carboxylic acids is 2. The molecule has 2 aliphatic heterocycles. The van der Waals surface area contributed by atoms with Gasteiger partial charge in [0.1, 0.15) is 5.75 Å². The number of rotatable bonds is 4. The fourth-order valence-corrected chi connectivity index (χ4v) is 5.16. The zero-order valence-corrected chi connectivity index (χ0v) is 19.5. The molecule has 4 atom stereocenters. The lowest BCUT2D eigenvalue weighted by atomic mass is 9.67. The second kappa shape index (κ2) is 8.08. The molecule has 2 heterocycles. The predicted molar refractivity (Wildman–Crippen MR) is 126 cm³/mol. The number of esters is 1. The minimum absolute atomic E-state index is 0.0422. The molecule has 4 rings (SSSR count). The zero-order valence-electron chi connectivity index (χ0n) is 19.5. The molecular weight excluding hydrogens is 416 g/mol. The molecule has 0 N–H and O–H groups in total. The van der Waals surface area contributed by atoms with E-state index < -0.39 is 34.8 Å². The third kappa shape index (κ3) is 3.31. The molecule has 0 spiro atoms. The highest BCUT2D eigenvalue weighted by atomic mass is 16.5. The van der Waals surface area contributed by atoms with Crippen molar-refractivity contribution in [1.29, 1.82) is 5.26 Å². The minimum atomic E-state index is -1.61. The second-order valence-corrected chi connectivity index (χ2v) is 9.55. The number of carbonyl (C=O) groups is 2. The summed E-state index contributed by atoms with van der Waals surface area (Å²) in [5, 5.41) is 10.6. The topological polar surface area (TPSA) is 79.6 Å². The molecule has 1 fully saturated rings. The van der Waals surface area contributed by atoms with Crippen molar-refractivity contribution in [3.8, 4) is 11.8 Å². The largest absolute Gasteiger partial charge is 0.497 e. The van der Waals surface area contributed by atoms with Crippen LogP contribution in [0.2, 0.25) is 0 Å². The third-order valence-electron chi connectivity index (χ3n) is 6.74. The Kier molecular flexibility index (Phi) is 5.53.